The van der Waals surface area contributed by atoms with Gasteiger partial charge >= 0.3 is 0 Å². The first-order chi connectivity index (χ1) is 8.31. The number of hydrogen-bond donors (Lipinski definition) is 1. The van der Waals surface area contributed by atoms with Crippen LogP contribution in [0.3, 0.4) is 0 Å². The molecular weight excluding hydrogens is 216 g/mol. The molecule has 0 aliphatic rings. The summed E-state index contributed by atoms with van der Waals surface area (Å²) in [5.41, 5.74) is 0. The molecule has 0 aromatic carbocycles. The molecule has 0 saturated carbocycles. The van der Waals surface area contributed by atoms with Gasteiger partial charge in [-0.1, -0.05) is 6.92 Å². The van der Waals surface area contributed by atoms with Crippen LogP contribution < -0.4 is 15.0 Å². The number of ether oxygens (including phenoxy) is 1. The Morgan fingerprint density at radius 3 is 2.82 bits per heavy atom. The lowest BCUT2D eigenvalue weighted by atomic mass is 10.4. The molecule has 0 aliphatic carbocycles. The van der Waals surface area contributed by atoms with Gasteiger partial charge < -0.3 is 15.0 Å². The summed E-state index contributed by atoms with van der Waals surface area (Å²) in [4.78, 5) is 10.9. The summed E-state index contributed by atoms with van der Waals surface area (Å²) in [6.07, 6.45) is 2.82. The molecule has 1 aromatic heterocycles. The lowest BCUT2D eigenvalue weighted by molar-refractivity contribution is 0.326. The van der Waals surface area contributed by atoms with E-state index in [-0.39, 0.29) is 0 Å². The summed E-state index contributed by atoms with van der Waals surface area (Å²) in [6.45, 7) is 7.51. The lowest BCUT2D eigenvalue weighted by Gasteiger charge is -2.21. The minimum absolute atomic E-state index is 0.626. The van der Waals surface area contributed by atoms with Crippen LogP contribution in [0.15, 0.2) is 12.3 Å². The van der Waals surface area contributed by atoms with E-state index in [1.165, 1.54) is 0 Å². The van der Waals surface area contributed by atoms with E-state index in [4.69, 9.17) is 4.74 Å². The first-order valence-corrected chi connectivity index (χ1v) is 6.17. The van der Waals surface area contributed by atoms with Gasteiger partial charge in [0.2, 0.25) is 11.8 Å². The fourth-order valence-corrected chi connectivity index (χ4v) is 1.54. The van der Waals surface area contributed by atoms with E-state index in [1.807, 2.05) is 14.0 Å². The third kappa shape index (κ3) is 4.56. The topological polar surface area (TPSA) is 50.3 Å². The number of anilines is 1. The molecule has 1 heterocycles. The summed E-state index contributed by atoms with van der Waals surface area (Å²) in [6, 6.07) is 1.79. The summed E-state index contributed by atoms with van der Waals surface area (Å²) < 4.78 is 5.39. The monoisotopic (exact) mass is 238 g/mol. The van der Waals surface area contributed by atoms with E-state index < -0.39 is 0 Å². The van der Waals surface area contributed by atoms with Crippen LogP contribution in [0.4, 0.5) is 5.95 Å². The van der Waals surface area contributed by atoms with Crippen LogP contribution in [0, 0.1) is 0 Å². The van der Waals surface area contributed by atoms with Gasteiger partial charge in [0.05, 0.1) is 6.61 Å². The normalized spacial score (nSPS) is 10.3. The zero-order chi connectivity index (χ0) is 12.5. The van der Waals surface area contributed by atoms with Gasteiger partial charge in [0, 0.05) is 31.9 Å². The van der Waals surface area contributed by atoms with Crippen LogP contribution in [0.25, 0.3) is 0 Å². The molecule has 0 spiro atoms. The molecule has 1 N–H and O–H groups in total. The van der Waals surface area contributed by atoms with Crippen molar-refractivity contribution >= 4 is 5.95 Å². The average molecular weight is 238 g/mol. The number of rotatable bonds is 8. The Labute approximate surface area is 103 Å². The number of nitrogens with one attached hydrogen (secondary N) is 1. The van der Waals surface area contributed by atoms with Gasteiger partial charge in [0.1, 0.15) is 0 Å². The lowest BCUT2D eigenvalue weighted by Crippen LogP contribution is -2.32. The predicted octanol–water partition coefficient (Wildman–Crippen LogP) is 1.31. The molecule has 0 radical (unpaired) electrons. The largest absolute Gasteiger partial charge is 0.478 e. The Bertz CT molecular complexity index is 319. The molecule has 0 bridgehead atoms. The highest BCUT2D eigenvalue weighted by Crippen LogP contribution is 2.12. The summed E-state index contributed by atoms with van der Waals surface area (Å²) in [5.74, 6) is 1.39. The zero-order valence-electron chi connectivity index (χ0n) is 10.9. The van der Waals surface area contributed by atoms with Gasteiger partial charge in [-0.25, -0.2) is 4.98 Å². The summed E-state index contributed by atoms with van der Waals surface area (Å²) in [7, 11) is 1.95. The van der Waals surface area contributed by atoms with E-state index in [2.05, 4.69) is 27.1 Å². The minimum atomic E-state index is 0.626. The van der Waals surface area contributed by atoms with E-state index in [0.717, 1.165) is 32.0 Å². The van der Waals surface area contributed by atoms with E-state index in [9.17, 15) is 0 Å². The van der Waals surface area contributed by atoms with Gasteiger partial charge in [-0.05, 0) is 20.4 Å². The predicted molar refractivity (Wildman–Crippen MR) is 69.6 cm³/mol. The molecule has 0 saturated heterocycles. The quantitative estimate of drug-likeness (QED) is 0.740. The highest BCUT2D eigenvalue weighted by Gasteiger charge is 2.08. The van der Waals surface area contributed by atoms with Crippen molar-refractivity contribution in [3.8, 4) is 5.88 Å². The SMILES string of the molecule is CCCN(CCNC)c1nccc(OCC)n1. The molecule has 0 unspecified atom stereocenters. The van der Waals surface area contributed by atoms with Crippen LogP contribution >= 0.6 is 0 Å². The second-order valence-electron chi connectivity index (χ2n) is 3.72. The summed E-state index contributed by atoms with van der Waals surface area (Å²) >= 11 is 0. The van der Waals surface area contributed by atoms with Crippen molar-refractivity contribution in [2.24, 2.45) is 0 Å². The first-order valence-electron chi connectivity index (χ1n) is 6.17. The Hall–Kier alpha value is -1.36. The molecule has 5 heteroatoms. The second-order valence-corrected chi connectivity index (χ2v) is 3.72. The average Bonchev–Trinajstić information content (AvgIpc) is 2.35. The molecule has 1 rings (SSSR count). The minimum Gasteiger partial charge on any atom is -0.478 e. The van der Waals surface area contributed by atoms with Gasteiger partial charge in [0.15, 0.2) is 0 Å². The van der Waals surface area contributed by atoms with Crippen molar-refractivity contribution in [3.63, 3.8) is 0 Å². The van der Waals surface area contributed by atoms with Gasteiger partial charge in [-0.3, -0.25) is 0 Å². The maximum absolute atomic E-state index is 5.39. The Balaban J connectivity index is 2.73. The highest BCUT2D eigenvalue weighted by molar-refractivity contribution is 5.31. The van der Waals surface area contributed by atoms with Crippen LogP contribution in [-0.2, 0) is 0 Å². The third-order valence-electron chi connectivity index (χ3n) is 2.32. The van der Waals surface area contributed by atoms with Crippen molar-refractivity contribution in [2.45, 2.75) is 20.3 Å². The Morgan fingerprint density at radius 2 is 2.18 bits per heavy atom. The van der Waals surface area contributed by atoms with Crippen molar-refractivity contribution < 1.29 is 4.74 Å². The maximum atomic E-state index is 5.39. The smallest absolute Gasteiger partial charge is 0.228 e. The van der Waals surface area contributed by atoms with Crippen LogP contribution in [0.2, 0.25) is 0 Å². The van der Waals surface area contributed by atoms with Crippen LogP contribution in [0.5, 0.6) is 5.88 Å². The van der Waals surface area contributed by atoms with Crippen LogP contribution in [-0.4, -0.2) is 43.3 Å². The van der Waals surface area contributed by atoms with E-state index >= 15 is 0 Å². The molecular formula is C12H22N4O. The van der Waals surface area contributed by atoms with E-state index in [1.54, 1.807) is 12.3 Å². The van der Waals surface area contributed by atoms with Crippen LogP contribution in [0.1, 0.15) is 20.3 Å². The number of hydrogen-bond acceptors (Lipinski definition) is 5. The second kappa shape index (κ2) is 7.84. The van der Waals surface area contributed by atoms with Crippen molar-refractivity contribution in [1.82, 2.24) is 15.3 Å². The van der Waals surface area contributed by atoms with Crippen molar-refractivity contribution in [2.75, 3.05) is 38.2 Å². The van der Waals surface area contributed by atoms with Crippen molar-refractivity contribution in [1.29, 1.82) is 0 Å². The first kappa shape index (κ1) is 13.7. The van der Waals surface area contributed by atoms with Gasteiger partial charge in [-0.15, -0.1) is 0 Å². The fraction of sp³-hybridized carbons (Fsp3) is 0.667. The molecule has 5 nitrogen and oxygen atoms in total. The van der Waals surface area contributed by atoms with Gasteiger partial charge in [0.25, 0.3) is 0 Å². The Morgan fingerprint density at radius 1 is 1.35 bits per heavy atom. The molecule has 0 amide bonds. The molecule has 0 fully saturated rings. The molecule has 1 aromatic rings. The molecule has 17 heavy (non-hydrogen) atoms. The standard InChI is InChI=1S/C12H22N4O/c1-4-9-16(10-8-13-3)12-14-7-6-11(15-12)17-5-2/h6-7,13H,4-5,8-10H2,1-3H3. The van der Waals surface area contributed by atoms with E-state index in [0.29, 0.717) is 12.5 Å². The Kier molecular flexibility index (Phi) is 6.32. The van der Waals surface area contributed by atoms with Crippen molar-refractivity contribution in [3.05, 3.63) is 12.3 Å². The zero-order valence-corrected chi connectivity index (χ0v) is 10.9. The number of likely N-dealkylation sites (N-methyl/N-ethyl adjacent to an activating group) is 1. The summed E-state index contributed by atoms with van der Waals surface area (Å²) in [5, 5.41) is 3.14. The molecule has 0 aliphatic heterocycles. The fourth-order valence-electron chi connectivity index (χ4n) is 1.54. The van der Waals surface area contributed by atoms with Gasteiger partial charge in [-0.2, -0.15) is 4.98 Å². The highest BCUT2D eigenvalue weighted by atomic mass is 16.5. The molecule has 96 valence electrons. The maximum Gasteiger partial charge on any atom is 0.228 e. The third-order valence-corrected chi connectivity index (χ3v) is 2.32. The number of aromatic nitrogens is 2. The number of nitrogens with zero attached hydrogens (tertiary/aromatic N) is 3. The molecule has 0 atom stereocenters.